The molecule has 0 amide bonds. The van der Waals surface area contributed by atoms with Crippen molar-refractivity contribution in [3.05, 3.63) is 32.6 Å². The maximum absolute atomic E-state index is 11.6. The molecule has 0 unspecified atom stereocenters. The first kappa shape index (κ1) is 23.6. The molecule has 2 saturated heterocycles. The van der Waals surface area contributed by atoms with Gasteiger partial charge in [0.1, 0.15) is 36.7 Å². The molecule has 2 aliphatic heterocycles. The molecule has 1 aromatic rings. The van der Waals surface area contributed by atoms with Crippen molar-refractivity contribution in [3.8, 4) is 0 Å². The predicted molar refractivity (Wildman–Crippen MR) is 93.7 cm³/mol. The summed E-state index contributed by atoms with van der Waals surface area (Å²) < 4.78 is 11.1. The van der Waals surface area contributed by atoms with Crippen molar-refractivity contribution in [1.82, 2.24) is 9.55 Å². The fourth-order valence-electron chi connectivity index (χ4n) is 2.93. The van der Waals surface area contributed by atoms with Crippen molar-refractivity contribution in [2.75, 3.05) is 13.2 Å². The number of H-pyrrole nitrogens is 1. The van der Waals surface area contributed by atoms with Gasteiger partial charge in [-0.2, -0.15) is 0 Å². The molecule has 166 valence electrons. The summed E-state index contributed by atoms with van der Waals surface area (Å²) in [5, 5.41) is 63.2. The molecule has 0 aliphatic carbocycles. The van der Waals surface area contributed by atoms with Gasteiger partial charge in [0.15, 0.2) is 6.29 Å². The fourth-order valence-corrected chi connectivity index (χ4v) is 2.93. The van der Waals surface area contributed by atoms with Crippen LogP contribution in [0.5, 0.6) is 0 Å². The van der Waals surface area contributed by atoms with Crippen LogP contribution in [-0.2, 0) is 9.47 Å². The summed E-state index contributed by atoms with van der Waals surface area (Å²) in [5.74, 6) is 0. The molecule has 0 saturated carbocycles. The lowest BCUT2D eigenvalue weighted by atomic mass is 10.00. The van der Waals surface area contributed by atoms with E-state index in [-0.39, 0.29) is 13.0 Å². The van der Waals surface area contributed by atoms with Crippen LogP contribution in [0.15, 0.2) is 15.8 Å². The van der Waals surface area contributed by atoms with Gasteiger partial charge in [-0.25, -0.2) is 4.79 Å². The first-order valence-electron chi connectivity index (χ1n) is 8.85. The van der Waals surface area contributed by atoms with E-state index >= 15 is 0 Å². The minimum absolute atomic E-state index is 0.205. The smallest absolute Gasteiger partial charge is 0.330 e. The summed E-state index contributed by atoms with van der Waals surface area (Å²) in [6.45, 7) is 0.737. The Morgan fingerprint density at radius 3 is 2.17 bits per heavy atom. The number of ether oxygens (including phenoxy) is 2. The van der Waals surface area contributed by atoms with Gasteiger partial charge in [0.25, 0.3) is 5.56 Å². The van der Waals surface area contributed by atoms with Crippen LogP contribution >= 0.6 is 0 Å². The molecule has 13 heteroatoms. The van der Waals surface area contributed by atoms with E-state index in [2.05, 4.69) is 9.72 Å². The van der Waals surface area contributed by atoms with E-state index in [4.69, 9.17) is 35.4 Å². The number of aliphatic hydroxyl groups is 7. The Balaban J connectivity index is 0.000000221. The second kappa shape index (κ2) is 9.88. The molecule has 29 heavy (non-hydrogen) atoms. The minimum Gasteiger partial charge on any atom is -0.394 e. The quantitative estimate of drug-likeness (QED) is 0.231. The molecular formula is C16H26N2O11. The summed E-state index contributed by atoms with van der Waals surface area (Å²) >= 11 is 0. The monoisotopic (exact) mass is 422 g/mol. The number of nitrogens with zero attached hydrogens (tertiary/aromatic N) is 1. The molecule has 13 nitrogen and oxygen atoms in total. The van der Waals surface area contributed by atoms with E-state index in [1.165, 1.54) is 10.8 Å². The first-order chi connectivity index (χ1) is 13.6. The topological polar surface area (TPSA) is 215 Å². The van der Waals surface area contributed by atoms with E-state index in [9.17, 15) is 14.7 Å². The van der Waals surface area contributed by atoms with Crippen LogP contribution in [0.4, 0.5) is 0 Å². The van der Waals surface area contributed by atoms with Crippen LogP contribution in [-0.4, -0.2) is 101 Å². The summed E-state index contributed by atoms with van der Waals surface area (Å²) in [4.78, 5) is 24.9. The largest absolute Gasteiger partial charge is 0.394 e. The molecule has 0 aromatic carbocycles. The van der Waals surface area contributed by atoms with Crippen molar-refractivity contribution >= 4 is 0 Å². The molecule has 2 aliphatic rings. The molecule has 0 radical (unpaired) electrons. The number of aliphatic hydroxyl groups excluding tert-OH is 7. The zero-order valence-corrected chi connectivity index (χ0v) is 15.5. The number of hydrogen-bond acceptors (Lipinski definition) is 11. The molecule has 2 fully saturated rings. The Morgan fingerprint density at radius 1 is 1.00 bits per heavy atom. The summed E-state index contributed by atoms with van der Waals surface area (Å²) in [7, 11) is 0. The van der Waals surface area contributed by atoms with Crippen molar-refractivity contribution in [2.24, 2.45) is 0 Å². The van der Waals surface area contributed by atoms with Gasteiger partial charge >= 0.3 is 5.69 Å². The van der Waals surface area contributed by atoms with Crippen molar-refractivity contribution in [1.29, 1.82) is 0 Å². The average molecular weight is 422 g/mol. The Kier molecular flexibility index (Phi) is 8.04. The molecule has 3 heterocycles. The third kappa shape index (κ3) is 5.28. The van der Waals surface area contributed by atoms with E-state index < -0.39 is 67.0 Å². The molecule has 1 aromatic heterocycles. The van der Waals surface area contributed by atoms with E-state index in [1.54, 1.807) is 6.92 Å². The lowest BCUT2D eigenvalue weighted by molar-refractivity contribution is -0.286. The molecule has 8 N–H and O–H groups in total. The highest BCUT2D eigenvalue weighted by Gasteiger charge is 2.42. The van der Waals surface area contributed by atoms with Gasteiger partial charge in [-0.05, 0) is 6.92 Å². The predicted octanol–water partition coefficient (Wildman–Crippen LogP) is -4.74. The van der Waals surface area contributed by atoms with Crippen LogP contribution in [0.1, 0.15) is 18.2 Å². The lowest BCUT2D eigenvalue weighted by Gasteiger charge is -2.37. The van der Waals surface area contributed by atoms with Crippen molar-refractivity contribution < 1.29 is 45.2 Å². The van der Waals surface area contributed by atoms with Crippen LogP contribution < -0.4 is 11.2 Å². The number of rotatable bonds is 3. The normalized spacial score (nSPS) is 37.1. The van der Waals surface area contributed by atoms with Crippen LogP contribution in [0.25, 0.3) is 0 Å². The van der Waals surface area contributed by atoms with Gasteiger partial charge in [0.2, 0.25) is 0 Å². The first-order valence-corrected chi connectivity index (χ1v) is 8.85. The molecule has 0 spiro atoms. The highest BCUT2D eigenvalue weighted by atomic mass is 16.6. The Morgan fingerprint density at radius 2 is 1.62 bits per heavy atom. The van der Waals surface area contributed by atoms with Crippen LogP contribution in [0, 0.1) is 6.92 Å². The Bertz CT molecular complexity index is 776. The van der Waals surface area contributed by atoms with Gasteiger partial charge in [-0.1, -0.05) is 0 Å². The Labute approximate surface area is 164 Å². The molecule has 0 bridgehead atoms. The van der Waals surface area contributed by atoms with Gasteiger partial charge < -0.3 is 45.2 Å². The summed E-state index contributed by atoms with van der Waals surface area (Å²) in [6, 6.07) is 0. The SMILES string of the molecule is Cc1cn([C@H]2C[C@H](O)[C@@H](CO)O2)c(=O)[nH]c1=O.OC[C@H]1O[C@@H](O)[C@H](O)[C@@H](O)[C@@H]1O. The van der Waals surface area contributed by atoms with Gasteiger partial charge in [-0.15, -0.1) is 0 Å². The maximum Gasteiger partial charge on any atom is 0.330 e. The number of hydrogen-bond donors (Lipinski definition) is 8. The minimum atomic E-state index is -1.57. The van der Waals surface area contributed by atoms with E-state index in [1.807, 2.05) is 0 Å². The lowest BCUT2D eigenvalue weighted by Crippen LogP contribution is -2.58. The number of aromatic nitrogens is 2. The fraction of sp³-hybridized carbons (Fsp3) is 0.750. The molecule has 3 rings (SSSR count). The van der Waals surface area contributed by atoms with Crippen LogP contribution in [0.2, 0.25) is 0 Å². The zero-order chi connectivity index (χ0) is 21.9. The highest BCUT2D eigenvalue weighted by Crippen LogP contribution is 2.27. The third-order valence-electron chi connectivity index (χ3n) is 4.71. The molecular weight excluding hydrogens is 396 g/mol. The van der Waals surface area contributed by atoms with Crippen molar-refractivity contribution in [3.63, 3.8) is 0 Å². The second-order valence-electron chi connectivity index (χ2n) is 6.81. The van der Waals surface area contributed by atoms with E-state index in [0.29, 0.717) is 5.56 Å². The number of aromatic amines is 1. The second-order valence-corrected chi connectivity index (χ2v) is 6.81. The summed E-state index contributed by atoms with van der Waals surface area (Å²) in [5.41, 5.74) is -0.643. The summed E-state index contributed by atoms with van der Waals surface area (Å²) in [6.07, 6.45) is -7.62. The van der Waals surface area contributed by atoms with Crippen molar-refractivity contribution in [2.45, 2.75) is 62.5 Å². The highest BCUT2D eigenvalue weighted by molar-refractivity contribution is 5.02. The third-order valence-corrected chi connectivity index (χ3v) is 4.71. The van der Waals surface area contributed by atoms with Gasteiger partial charge in [0, 0.05) is 18.2 Å². The standard InChI is InChI=1S/C10H14N2O5.C6H12O6/c1-5-3-12(10(16)11-9(5)15)8-2-6(14)7(4-13)17-8;7-1-2-3(8)4(9)5(10)6(11)12-2/h3,6-8,13-14H,2,4H2,1H3,(H,11,15,16);2-11H,1H2/t6-,7+,8+;2-,3-,4+,5-,6-/m01/s1. The maximum atomic E-state index is 11.6. The Hall–Kier alpha value is -1.68. The number of nitrogens with one attached hydrogen (secondary N) is 1. The molecule has 8 atom stereocenters. The van der Waals surface area contributed by atoms with Gasteiger partial charge in [0.05, 0.1) is 19.3 Å². The number of aryl methyl sites for hydroxylation is 1. The average Bonchev–Trinajstić information content (AvgIpc) is 3.06. The van der Waals surface area contributed by atoms with Crippen LogP contribution in [0.3, 0.4) is 0 Å². The van der Waals surface area contributed by atoms with Gasteiger partial charge in [-0.3, -0.25) is 14.3 Å². The zero-order valence-electron chi connectivity index (χ0n) is 15.5. The van der Waals surface area contributed by atoms with E-state index in [0.717, 1.165) is 0 Å².